The van der Waals surface area contributed by atoms with Gasteiger partial charge in [-0.2, -0.15) is 5.26 Å². The molecule has 21 heavy (non-hydrogen) atoms. The van der Waals surface area contributed by atoms with E-state index in [1.165, 1.54) is 6.07 Å². The fraction of sp³-hybridized carbons (Fsp3) is 0.533. The molecule has 0 bridgehead atoms. The first-order chi connectivity index (χ1) is 9.92. The first-order valence-electron chi connectivity index (χ1n) is 7.11. The Morgan fingerprint density at radius 3 is 2.86 bits per heavy atom. The second-order valence-corrected chi connectivity index (χ2v) is 7.37. The third-order valence-corrected chi connectivity index (χ3v) is 5.49. The lowest BCUT2D eigenvalue weighted by molar-refractivity contribution is 0.102. The van der Waals surface area contributed by atoms with Crippen molar-refractivity contribution in [1.82, 2.24) is 4.72 Å². The van der Waals surface area contributed by atoms with Crippen molar-refractivity contribution in [2.45, 2.75) is 43.6 Å². The van der Waals surface area contributed by atoms with Crippen molar-refractivity contribution in [3.8, 4) is 6.07 Å². The maximum absolute atomic E-state index is 12.4. The number of nitrogens with one attached hydrogen (secondary N) is 1. The summed E-state index contributed by atoms with van der Waals surface area (Å²) in [5.74, 6) is 0.169. The number of rotatable bonds is 4. The second-order valence-electron chi connectivity index (χ2n) is 5.63. The number of aryl methyl sites for hydroxylation is 1. The predicted molar refractivity (Wildman–Crippen MR) is 79.0 cm³/mol. The van der Waals surface area contributed by atoms with Crippen LogP contribution in [-0.4, -0.2) is 26.2 Å². The van der Waals surface area contributed by atoms with Gasteiger partial charge in [-0.15, -0.1) is 0 Å². The van der Waals surface area contributed by atoms with Crippen LogP contribution in [0.15, 0.2) is 23.1 Å². The highest BCUT2D eigenvalue weighted by Crippen LogP contribution is 2.24. The van der Waals surface area contributed by atoms with Gasteiger partial charge < -0.3 is 5.11 Å². The van der Waals surface area contributed by atoms with Gasteiger partial charge in [0.05, 0.1) is 22.6 Å². The van der Waals surface area contributed by atoms with Crippen molar-refractivity contribution in [2.24, 2.45) is 5.92 Å². The van der Waals surface area contributed by atoms with Crippen LogP contribution in [0.3, 0.4) is 0 Å². The van der Waals surface area contributed by atoms with Gasteiger partial charge in [0.15, 0.2) is 0 Å². The van der Waals surface area contributed by atoms with Crippen molar-refractivity contribution >= 4 is 10.0 Å². The van der Waals surface area contributed by atoms with Gasteiger partial charge in [0, 0.05) is 6.54 Å². The summed E-state index contributed by atoms with van der Waals surface area (Å²) in [6, 6.07) is 6.59. The van der Waals surface area contributed by atoms with Crippen LogP contribution < -0.4 is 4.72 Å². The molecule has 0 aliphatic heterocycles. The average Bonchev–Trinajstić information content (AvgIpc) is 2.46. The van der Waals surface area contributed by atoms with Gasteiger partial charge in [0.25, 0.3) is 0 Å². The number of nitrogens with zero attached hydrogens (tertiary/aromatic N) is 1. The zero-order valence-corrected chi connectivity index (χ0v) is 12.9. The third kappa shape index (κ3) is 4.03. The number of aliphatic hydroxyl groups is 1. The summed E-state index contributed by atoms with van der Waals surface area (Å²) in [5, 5.41) is 18.5. The molecule has 1 aliphatic carbocycles. The Labute approximate surface area is 125 Å². The molecule has 1 aromatic carbocycles. The van der Waals surface area contributed by atoms with Crippen LogP contribution >= 0.6 is 0 Å². The Bertz CT molecular complexity index is 649. The van der Waals surface area contributed by atoms with E-state index in [1.807, 2.05) is 6.07 Å². The minimum atomic E-state index is -3.62. The van der Waals surface area contributed by atoms with Crippen molar-refractivity contribution in [2.75, 3.05) is 6.54 Å². The lowest BCUT2D eigenvalue weighted by Gasteiger charge is -2.26. The normalized spacial score (nSPS) is 22.7. The molecule has 0 aromatic heterocycles. The number of hydrogen-bond acceptors (Lipinski definition) is 4. The molecule has 2 rings (SSSR count). The summed E-state index contributed by atoms with van der Waals surface area (Å²) in [6.45, 7) is 2.04. The molecule has 0 radical (unpaired) electrons. The Hall–Kier alpha value is -1.42. The van der Waals surface area contributed by atoms with E-state index < -0.39 is 10.0 Å². The van der Waals surface area contributed by atoms with Crippen molar-refractivity contribution < 1.29 is 13.5 Å². The van der Waals surface area contributed by atoms with Crippen molar-refractivity contribution in [1.29, 1.82) is 5.26 Å². The van der Waals surface area contributed by atoms with Crippen molar-refractivity contribution in [3.05, 3.63) is 29.3 Å². The van der Waals surface area contributed by atoms with E-state index in [2.05, 4.69) is 4.72 Å². The van der Waals surface area contributed by atoms with Gasteiger partial charge >= 0.3 is 0 Å². The molecule has 6 heteroatoms. The molecule has 2 N–H and O–H groups in total. The van der Waals surface area contributed by atoms with Crippen molar-refractivity contribution in [3.63, 3.8) is 0 Å². The molecule has 5 nitrogen and oxygen atoms in total. The fourth-order valence-corrected chi connectivity index (χ4v) is 4.10. The summed E-state index contributed by atoms with van der Waals surface area (Å²) in [5.41, 5.74) is 0.944. The van der Waals surface area contributed by atoms with E-state index in [-0.39, 0.29) is 16.9 Å². The average molecular weight is 308 g/mol. The van der Waals surface area contributed by atoms with Crippen LogP contribution in [0, 0.1) is 24.2 Å². The quantitative estimate of drug-likeness (QED) is 0.885. The number of aliphatic hydroxyl groups excluding tert-OH is 1. The van der Waals surface area contributed by atoms with Crippen LogP contribution in [0.25, 0.3) is 0 Å². The summed E-state index contributed by atoms with van der Waals surface area (Å²) in [7, 11) is -3.62. The minimum Gasteiger partial charge on any atom is -0.393 e. The molecule has 1 saturated carbocycles. The first-order valence-corrected chi connectivity index (χ1v) is 8.59. The van der Waals surface area contributed by atoms with Crippen LogP contribution in [0.4, 0.5) is 0 Å². The zero-order chi connectivity index (χ0) is 15.5. The second kappa shape index (κ2) is 6.56. The highest BCUT2D eigenvalue weighted by molar-refractivity contribution is 7.89. The molecular formula is C15H20N2O3S. The van der Waals surface area contributed by atoms with Crippen LogP contribution in [0.5, 0.6) is 0 Å². The van der Waals surface area contributed by atoms with Crippen LogP contribution in [-0.2, 0) is 10.0 Å². The van der Waals surface area contributed by atoms with E-state index in [0.29, 0.717) is 24.1 Å². The molecule has 1 aromatic rings. The molecule has 0 amide bonds. The monoisotopic (exact) mass is 308 g/mol. The maximum Gasteiger partial charge on any atom is 0.240 e. The largest absolute Gasteiger partial charge is 0.393 e. The molecular weight excluding hydrogens is 288 g/mol. The van der Waals surface area contributed by atoms with E-state index in [4.69, 9.17) is 5.26 Å². The lowest BCUT2D eigenvalue weighted by atomic mass is 9.87. The van der Waals surface area contributed by atoms with Gasteiger partial charge in [0.2, 0.25) is 10.0 Å². The van der Waals surface area contributed by atoms with Gasteiger partial charge in [-0.25, -0.2) is 13.1 Å². The number of hydrogen-bond donors (Lipinski definition) is 2. The molecule has 0 spiro atoms. The smallest absolute Gasteiger partial charge is 0.240 e. The SMILES string of the molecule is Cc1ccc(C#N)cc1S(=O)(=O)NCC1CCCC(O)C1. The molecule has 2 unspecified atom stereocenters. The highest BCUT2D eigenvalue weighted by Gasteiger charge is 2.23. The summed E-state index contributed by atoms with van der Waals surface area (Å²) in [4.78, 5) is 0.151. The third-order valence-electron chi connectivity index (χ3n) is 3.92. The summed E-state index contributed by atoms with van der Waals surface area (Å²) in [6.07, 6.45) is 2.97. The number of sulfonamides is 1. The molecule has 0 saturated heterocycles. The summed E-state index contributed by atoms with van der Waals surface area (Å²) >= 11 is 0. The lowest BCUT2D eigenvalue weighted by Crippen LogP contribution is -2.33. The standard InChI is InChI=1S/C15H20N2O3S/c1-11-5-6-12(9-16)8-15(11)21(19,20)17-10-13-3-2-4-14(18)7-13/h5-6,8,13-14,17-18H,2-4,7,10H2,1H3. The van der Waals surface area contributed by atoms with Gasteiger partial charge in [-0.05, 0) is 49.8 Å². The molecule has 114 valence electrons. The molecule has 1 aliphatic rings. The van der Waals surface area contributed by atoms with Crippen LogP contribution in [0.1, 0.15) is 36.8 Å². The number of nitriles is 1. The van der Waals surface area contributed by atoms with E-state index in [9.17, 15) is 13.5 Å². The predicted octanol–water partition coefficient (Wildman–Crippen LogP) is 1.70. The zero-order valence-electron chi connectivity index (χ0n) is 12.0. The maximum atomic E-state index is 12.4. The molecule has 2 atom stereocenters. The Kier molecular flexibility index (Phi) is 4.99. The minimum absolute atomic E-state index is 0.151. The number of benzene rings is 1. The van der Waals surface area contributed by atoms with Gasteiger partial charge in [0.1, 0.15) is 0 Å². The van der Waals surface area contributed by atoms with E-state index in [1.54, 1.807) is 19.1 Å². The Morgan fingerprint density at radius 2 is 2.19 bits per heavy atom. The molecule has 0 heterocycles. The van der Waals surface area contributed by atoms with E-state index >= 15 is 0 Å². The highest BCUT2D eigenvalue weighted by atomic mass is 32.2. The first kappa shape index (κ1) is 16.0. The topological polar surface area (TPSA) is 90.2 Å². The van der Waals surface area contributed by atoms with Crippen LogP contribution in [0.2, 0.25) is 0 Å². The van der Waals surface area contributed by atoms with E-state index in [0.717, 1.165) is 19.3 Å². The molecule has 1 fully saturated rings. The Balaban J connectivity index is 2.10. The Morgan fingerprint density at radius 1 is 1.43 bits per heavy atom. The van der Waals surface area contributed by atoms with Gasteiger partial charge in [-0.1, -0.05) is 12.5 Å². The fourth-order valence-electron chi connectivity index (χ4n) is 2.71. The summed E-state index contributed by atoms with van der Waals surface area (Å²) < 4.78 is 27.3. The van der Waals surface area contributed by atoms with Gasteiger partial charge in [-0.3, -0.25) is 0 Å².